The van der Waals surface area contributed by atoms with Gasteiger partial charge in [-0.1, -0.05) is 19.4 Å². The lowest BCUT2D eigenvalue weighted by Crippen LogP contribution is -2.38. The van der Waals surface area contributed by atoms with E-state index in [1.54, 1.807) is 6.20 Å². The summed E-state index contributed by atoms with van der Waals surface area (Å²) in [7, 11) is 1.82. The highest BCUT2D eigenvalue weighted by Crippen LogP contribution is 2.21. The Morgan fingerprint density at radius 1 is 1.16 bits per heavy atom. The van der Waals surface area contributed by atoms with E-state index in [1.165, 1.54) is 11.1 Å². The van der Waals surface area contributed by atoms with E-state index in [-0.39, 0.29) is 5.91 Å². The highest BCUT2D eigenvalue weighted by atomic mass is 16.1. The van der Waals surface area contributed by atoms with Crippen molar-refractivity contribution in [1.82, 2.24) is 15.2 Å². The molecule has 0 fully saturated rings. The van der Waals surface area contributed by atoms with Gasteiger partial charge in [-0.3, -0.25) is 9.69 Å². The number of hydrogen-bond donors (Lipinski definition) is 3. The van der Waals surface area contributed by atoms with Crippen LogP contribution >= 0.6 is 0 Å². The van der Waals surface area contributed by atoms with Gasteiger partial charge >= 0.3 is 0 Å². The van der Waals surface area contributed by atoms with Crippen LogP contribution in [0.5, 0.6) is 0 Å². The Labute approximate surface area is 221 Å². The van der Waals surface area contributed by atoms with E-state index in [1.807, 2.05) is 33.2 Å². The minimum absolute atomic E-state index is 0.0982. The third-order valence-corrected chi connectivity index (χ3v) is 6.54. The first-order valence-corrected chi connectivity index (χ1v) is 13.0. The molecular weight excluding hydrogens is 462 g/mol. The van der Waals surface area contributed by atoms with Crippen LogP contribution in [0.4, 0.5) is 11.5 Å². The molecule has 8 heteroatoms. The van der Waals surface area contributed by atoms with Crippen molar-refractivity contribution in [2.24, 2.45) is 15.7 Å². The van der Waals surface area contributed by atoms with Crippen molar-refractivity contribution in [3.05, 3.63) is 64.0 Å². The molecule has 1 aliphatic rings. The van der Waals surface area contributed by atoms with Crippen LogP contribution in [0, 0.1) is 20.8 Å². The topological polar surface area (TPSA) is 108 Å². The molecule has 0 radical (unpaired) electrons. The molecular formula is C29H41N7O. The molecule has 2 aromatic rings. The van der Waals surface area contributed by atoms with Crippen LogP contribution in [0.25, 0.3) is 0 Å². The molecule has 2 heterocycles. The number of aryl methyl sites for hydroxylation is 3. The summed E-state index contributed by atoms with van der Waals surface area (Å²) in [5, 5.41) is 6.08. The van der Waals surface area contributed by atoms with Crippen LogP contribution < -0.4 is 16.4 Å². The molecule has 1 aromatic carbocycles. The van der Waals surface area contributed by atoms with Crippen molar-refractivity contribution in [3.63, 3.8) is 0 Å². The molecule has 4 N–H and O–H groups in total. The van der Waals surface area contributed by atoms with E-state index in [0.29, 0.717) is 30.5 Å². The number of nitrogens with zero attached hydrogens (tertiary/aromatic N) is 4. The Morgan fingerprint density at radius 3 is 2.54 bits per heavy atom. The molecule has 37 heavy (non-hydrogen) atoms. The fourth-order valence-electron chi connectivity index (χ4n) is 4.74. The third kappa shape index (κ3) is 7.98. The summed E-state index contributed by atoms with van der Waals surface area (Å²) < 4.78 is 0. The second-order valence-corrected chi connectivity index (χ2v) is 9.85. The molecule has 0 saturated carbocycles. The molecule has 1 unspecified atom stereocenters. The minimum atomic E-state index is -0.0982. The third-order valence-electron chi connectivity index (χ3n) is 6.54. The molecule has 198 valence electrons. The largest absolute Gasteiger partial charge is 0.401 e. The van der Waals surface area contributed by atoms with Gasteiger partial charge in [0.05, 0.1) is 11.3 Å². The number of nitrogens with two attached hydrogens (primary N) is 1. The van der Waals surface area contributed by atoms with Gasteiger partial charge in [-0.25, -0.2) is 15.0 Å². The summed E-state index contributed by atoms with van der Waals surface area (Å²) >= 11 is 0. The van der Waals surface area contributed by atoms with Crippen LogP contribution in [0.15, 0.2) is 51.7 Å². The zero-order chi connectivity index (χ0) is 26.9. The molecule has 1 aromatic heterocycles. The van der Waals surface area contributed by atoms with Crippen molar-refractivity contribution < 1.29 is 4.79 Å². The van der Waals surface area contributed by atoms with Gasteiger partial charge in [0.1, 0.15) is 11.7 Å². The Hall–Kier alpha value is -3.52. The number of anilines is 1. The minimum Gasteiger partial charge on any atom is -0.401 e. The van der Waals surface area contributed by atoms with Crippen molar-refractivity contribution in [3.8, 4) is 0 Å². The van der Waals surface area contributed by atoms with Crippen molar-refractivity contribution >= 4 is 29.5 Å². The number of carbonyl (C=O) groups excluding carboxylic acids is 1. The monoisotopic (exact) mass is 503 g/mol. The SMILES string of the molecule is CCCC(CCNC(=O)c1cnc(NC)c(C)c1)N1CC(N)=C(C=NC(C)=Nc2cc(C)cc(C)c2)C1. The number of pyridine rings is 1. The van der Waals surface area contributed by atoms with Crippen LogP contribution in [0.3, 0.4) is 0 Å². The Bertz CT molecular complexity index is 1180. The number of carbonyl (C=O) groups is 1. The standard InChI is InChI=1S/C29H41N7O/c1-7-8-26(9-10-32-29(37)23-14-21(4)28(31-6)34-15-23)36-17-24(27(30)18-36)16-33-22(5)35-25-12-19(2)11-20(3)13-25/h11-16,26H,7-10,17-18,30H2,1-6H3,(H,31,34)(H,32,37). The van der Waals surface area contributed by atoms with Gasteiger partial charge in [0, 0.05) is 56.4 Å². The molecule has 1 aliphatic heterocycles. The maximum Gasteiger partial charge on any atom is 0.252 e. The number of rotatable bonds is 10. The fourth-order valence-corrected chi connectivity index (χ4v) is 4.74. The number of amides is 1. The summed E-state index contributed by atoms with van der Waals surface area (Å²) in [6, 6.07) is 8.43. The van der Waals surface area contributed by atoms with E-state index in [4.69, 9.17) is 5.73 Å². The van der Waals surface area contributed by atoms with Gasteiger partial charge in [0.25, 0.3) is 5.91 Å². The summed E-state index contributed by atoms with van der Waals surface area (Å²) in [5.41, 5.74) is 13.1. The van der Waals surface area contributed by atoms with Crippen LogP contribution in [0.1, 0.15) is 60.2 Å². The predicted molar refractivity (Wildman–Crippen MR) is 154 cm³/mol. The second-order valence-electron chi connectivity index (χ2n) is 9.85. The molecule has 8 nitrogen and oxygen atoms in total. The van der Waals surface area contributed by atoms with Crippen molar-refractivity contribution in [2.75, 3.05) is 32.0 Å². The molecule has 0 aliphatic carbocycles. The first kappa shape index (κ1) is 28.1. The summed E-state index contributed by atoms with van der Waals surface area (Å²) in [6.07, 6.45) is 6.42. The second kappa shape index (κ2) is 13.1. The van der Waals surface area contributed by atoms with E-state index in [0.717, 1.165) is 54.1 Å². The Morgan fingerprint density at radius 2 is 1.89 bits per heavy atom. The highest BCUT2D eigenvalue weighted by Gasteiger charge is 2.25. The summed E-state index contributed by atoms with van der Waals surface area (Å²) in [5.74, 6) is 1.38. The molecule has 3 rings (SSSR count). The Balaban J connectivity index is 1.56. The number of amidine groups is 1. The van der Waals surface area contributed by atoms with Gasteiger partial charge in [0.15, 0.2) is 0 Å². The highest BCUT2D eigenvalue weighted by molar-refractivity contribution is 5.95. The first-order valence-electron chi connectivity index (χ1n) is 13.0. The number of aliphatic imine (C=N–C) groups is 2. The van der Waals surface area contributed by atoms with Gasteiger partial charge in [0.2, 0.25) is 0 Å². The van der Waals surface area contributed by atoms with Crippen LogP contribution in [-0.4, -0.2) is 60.6 Å². The summed E-state index contributed by atoms with van der Waals surface area (Å²) in [6.45, 7) is 12.2. The number of aromatic nitrogens is 1. The molecule has 0 saturated heterocycles. The number of nitrogens with one attached hydrogen (secondary N) is 2. The average molecular weight is 504 g/mol. The van der Waals surface area contributed by atoms with E-state index < -0.39 is 0 Å². The predicted octanol–water partition coefficient (Wildman–Crippen LogP) is 4.69. The first-order chi connectivity index (χ1) is 17.7. The molecule has 0 spiro atoms. The Kier molecular flexibility index (Phi) is 9.97. The van der Waals surface area contributed by atoms with E-state index in [2.05, 4.69) is 69.5 Å². The van der Waals surface area contributed by atoms with E-state index in [9.17, 15) is 4.79 Å². The molecule has 1 atom stereocenters. The lowest BCUT2D eigenvalue weighted by atomic mass is 10.1. The number of benzene rings is 1. The normalized spacial score (nSPS) is 15.5. The van der Waals surface area contributed by atoms with Crippen LogP contribution in [0.2, 0.25) is 0 Å². The van der Waals surface area contributed by atoms with Crippen LogP contribution in [-0.2, 0) is 0 Å². The van der Waals surface area contributed by atoms with Gasteiger partial charge in [-0.15, -0.1) is 0 Å². The smallest absolute Gasteiger partial charge is 0.252 e. The quantitative estimate of drug-likeness (QED) is 0.322. The van der Waals surface area contributed by atoms with Gasteiger partial charge in [-0.05, 0) is 75.4 Å². The zero-order valence-electron chi connectivity index (χ0n) is 23.1. The maximum absolute atomic E-state index is 12.6. The zero-order valence-corrected chi connectivity index (χ0v) is 23.1. The van der Waals surface area contributed by atoms with Crippen molar-refractivity contribution in [1.29, 1.82) is 0 Å². The average Bonchev–Trinajstić information content (AvgIpc) is 3.21. The van der Waals surface area contributed by atoms with Crippen molar-refractivity contribution in [2.45, 2.75) is 59.9 Å². The lowest BCUT2D eigenvalue weighted by molar-refractivity contribution is 0.0947. The molecule has 1 amide bonds. The van der Waals surface area contributed by atoms with Gasteiger partial charge < -0.3 is 16.4 Å². The fraction of sp³-hybridized carbons (Fsp3) is 0.448. The van der Waals surface area contributed by atoms with E-state index >= 15 is 0 Å². The van der Waals surface area contributed by atoms with Gasteiger partial charge in [-0.2, -0.15) is 0 Å². The number of hydrogen-bond acceptors (Lipinski definition) is 6. The maximum atomic E-state index is 12.6. The summed E-state index contributed by atoms with van der Waals surface area (Å²) in [4.78, 5) is 28.6. The lowest BCUT2D eigenvalue weighted by Gasteiger charge is -2.28. The molecule has 0 bridgehead atoms.